The topological polar surface area (TPSA) is 76.2 Å². The SMILES string of the molecule is NC1C=C(c2ncccc2C(F)(F)F)C=CC1C(=O)O. The van der Waals surface area contributed by atoms with E-state index in [-0.39, 0.29) is 11.3 Å². The highest BCUT2D eigenvalue weighted by atomic mass is 19.4. The molecule has 7 heteroatoms. The van der Waals surface area contributed by atoms with Crippen LogP contribution in [0.25, 0.3) is 5.57 Å². The van der Waals surface area contributed by atoms with Crippen molar-refractivity contribution < 1.29 is 23.1 Å². The molecule has 4 nitrogen and oxygen atoms in total. The molecule has 0 saturated heterocycles. The van der Waals surface area contributed by atoms with Crippen LogP contribution in [-0.4, -0.2) is 22.1 Å². The quantitative estimate of drug-likeness (QED) is 0.871. The summed E-state index contributed by atoms with van der Waals surface area (Å²) in [6.45, 7) is 0. The first-order chi connectivity index (χ1) is 9.30. The van der Waals surface area contributed by atoms with Crippen molar-refractivity contribution in [2.45, 2.75) is 12.2 Å². The maximum Gasteiger partial charge on any atom is 0.418 e. The van der Waals surface area contributed by atoms with Crippen molar-refractivity contribution in [2.24, 2.45) is 11.7 Å². The first kappa shape index (κ1) is 14.3. The first-order valence-electron chi connectivity index (χ1n) is 5.71. The summed E-state index contributed by atoms with van der Waals surface area (Å²) in [5.74, 6) is -2.07. The van der Waals surface area contributed by atoms with Crippen molar-refractivity contribution in [1.82, 2.24) is 4.98 Å². The average Bonchev–Trinajstić information content (AvgIpc) is 2.37. The Balaban J connectivity index is 2.43. The molecule has 20 heavy (non-hydrogen) atoms. The van der Waals surface area contributed by atoms with Crippen molar-refractivity contribution in [3.05, 3.63) is 47.8 Å². The molecule has 1 aliphatic carbocycles. The summed E-state index contributed by atoms with van der Waals surface area (Å²) in [7, 11) is 0. The van der Waals surface area contributed by atoms with E-state index in [4.69, 9.17) is 10.8 Å². The summed E-state index contributed by atoms with van der Waals surface area (Å²) in [6.07, 6.45) is 0.577. The van der Waals surface area contributed by atoms with Crippen LogP contribution in [-0.2, 0) is 11.0 Å². The van der Waals surface area contributed by atoms with Crippen LogP contribution in [0.4, 0.5) is 13.2 Å². The monoisotopic (exact) mass is 284 g/mol. The molecule has 1 aromatic rings. The summed E-state index contributed by atoms with van der Waals surface area (Å²) >= 11 is 0. The van der Waals surface area contributed by atoms with E-state index in [0.717, 1.165) is 6.07 Å². The Kier molecular flexibility index (Phi) is 3.63. The van der Waals surface area contributed by atoms with E-state index in [1.54, 1.807) is 0 Å². The van der Waals surface area contributed by atoms with Crippen molar-refractivity contribution >= 4 is 11.5 Å². The maximum atomic E-state index is 12.9. The summed E-state index contributed by atoms with van der Waals surface area (Å²) in [5, 5.41) is 8.89. The van der Waals surface area contributed by atoms with Crippen LogP contribution in [0.1, 0.15) is 11.3 Å². The van der Waals surface area contributed by atoms with Gasteiger partial charge in [0.2, 0.25) is 0 Å². The molecule has 0 radical (unpaired) electrons. The van der Waals surface area contributed by atoms with Gasteiger partial charge in [-0.3, -0.25) is 9.78 Å². The fourth-order valence-electron chi connectivity index (χ4n) is 1.97. The van der Waals surface area contributed by atoms with Gasteiger partial charge in [-0.1, -0.05) is 18.2 Å². The van der Waals surface area contributed by atoms with Gasteiger partial charge < -0.3 is 10.8 Å². The molecule has 2 rings (SSSR count). The molecule has 0 spiro atoms. The summed E-state index contributed by atoms with van der Waals surface area (Å²) < 4.78 is 38.7. The molecule has 0 saturated carbocycles. The van der Waals surface area contributed by atoms with Gasteiger partial charge in [0, 0.05) is 12.2 Å². The predicted octanol–water partition coefficient (Wildman–Crippen LogP) is 2.08. The number of rotatable bonds is 2. The molecule has 1 aliphatic rings. The lowest BCUT2D eigenvalue weighted by molar-refractivity contribution is -0.140. The number of alkyl halides is 3. The van der Waals surface area contributed by atoms with Gasteiger partial charge in [-0.05, 0) is 17.7 Å². The van der Waals surface area contributed by atoms with E-state index < -0.39 is 29.7 Å². The van der Waals surface area contributed by atoms with E-state index in [9.17, 15) is 18.0 Å². The van der Waals surface area contributed by atoms with Gasteiger partial charge in [-0.15, -0.1) is 0 Å². The maximum absolute atomic E-state index is 12.9. The Morgan fingerprint density at radius 1 is 1.40 bits per heavy atom. The molecular weight excluding hydrogens is 273 g/mol. The number of allylic oxidation sites excluding steroid dienone is 2. The lowest BCUT2D eigenvalue weighted by Gasteiger charge is -2.20. The van der Waals surface area contributed by atoms with Crippen LogP contribution in [0.2, 0.25) is 0 Å². The summed E-state index contributed by atoms with van der Waals surface area (Å²) in [4.78, 5) is 14.6. The minimum Gasteiger partial charge on any atom is -0.481 e. The van der Waals surface area contributed by atoms with Crippen LogP contribution in [0.5, 0.6) is 0 Å². The minimum absolute atomic E-state index is 0.169. The van der Waals surface area contributed by atoms with Gasteiger partial charge in [0.25, 0.3) is 0 Å². The van der Waals surface area contributed by atoms with E-state index >= 15 is 0 Å². The van der Waals surface area contributed by atoms with Gasteiger partial charge in [-0.2, -0.15) is 13.2 Å². The number of hydrogen-bond donors (Lipinski definition) is 2. The number of carbonyl (C=O) groups is 1. The molecule has 106 valence electrons. The number of pyridine rings is 1. The Labute approximate surface area is 112 Å². The van der Waals surface area contributed by atoms with Crippen molar-refractivity contribution in [1.29, 1.82) is 0 Å². The predicted molar refractivity (Wildman–Crippen MR) is 65.5 cm³/mol. The Bertz CT molecular complexity index is 594. The van der Waals surface area contributed by atoms with Crippen LogP contribution in [0.3, 0.4) is 0 Å². The van der Waals surface area contributed by atoms with Crippen LogP contribution in [0, 0.1) is 5.92 Å². The van der Waals surface area contributed by atoms with E-state index in [0.29, 0.717) is 0 Å². The van der Waals surface area contributed by atoms with Crippen LogP contribution >= 0.6 is 0 Å². The fourth-order valence-corrected chi connectivity index (χ4v) is 1.97. The van der Waals surface area contributed by atoms with Gasteiger partial charge in [0.15, 0.2) is 0 Å². The smallest absolute Gasteiger partial charge is 0.418 e. The number of nitrogens with zero attached hydrogens (tertiary/aromatic N) is 1. The molecular formula is C13H11F3N2O2. The number of carboxylic acids is 1. The van der Waals surface area contributed by atoms with Crippen LogP contribution < -0.4 is 5.73 Å². The van der Waals surface area contributed by atoms with Crippen LogP contribution in [0.15, 0.2) is 36.6 Å². The van der Waals surface area contributed by atoms with Crippen molar-refractivity contribution in [2.75, 3.05) is 0 Å². The summed E-state index contributed by atoms with van der Waals surface area (Å²) in [6, 6.07) is 1.22. The Morgan fingerprint density at radius 3 is 2.65 bits per heavy atom. The third kappa shape index (κ3) is 2.72. The summed E-state index contributed by atoms with van der Waals surface area (Å²) in [5.41, 5.74) is 4.69. The molecule has 2 atom stereocenters. The number of carboxylic acid groups (broad SMARTS) is 1. The molecule has 1 aromatic heterocycles. The van der Waals surface area contributed by atoms with Gasteiger partial charge >= 0.3 is 12.1 Å². The second kappa shape index (κ2) is 5.09. The van der Waals surface area contributed by atoms with Gasteiger partial charge in [0.1, 0.15) is 0 Å². The average molecular weight is 284 g/mol. The highest BCUT2D eigenvalue weighted by Crippen LogP contribution is 2.35. The van der Waals surface area contributed by atoms with Crippen molar-refractivity contribution in [3.63, 3.8) is 0 Å². The number of halogens is 3. The second-order valence-electron chi connectivity index (χ2n) is 4.32. The normalized spacial score (nSPS) is 22.5. The molecule has 0 bridgehead atoms. The lowest BCUT2D eigenvalue weighted by Crippen LogP contribution is -2.34. The molecule has 0 fully saturated rings. The first-order valence-corrected chi connectivity index (χ1v) is 5.71. The van der Waals surface area contributed by atoms with Gasteiger partial charge in [-0.25, -0.2) is 0 Å². The molecule has 0 aliphatic heterocycles. The van der Waals surface area contributed by atoms with E-state index in [1.165, 1.54) is 30.5 Å². The number of nitrogens with two attached hydrogens (primary N) is 1. The zero-order valence-corrected chi connectivity index (χ0v) is 10.1. The lowest BCUT2D eigenvalue weighted by atomic mass is 9.90. The molecule has 1 heterocycles. The third-order valence-corrected chi connectivity index (χ3v) is 2.94. The fraction of sp³-hybridized carbons (Fsp3) is 0.231. The number of hydrogen-bond acceptors (Lipinski definition) is 3. The molecule has 0 aromatic carbocycles. The second-order valence-corrected chi connectivity index (χ2v) is 4.32. The van der Waals surface area contributed by atoms with Crippen molar-refractivity contribution in [3.8, 4) is 0 Å². The number of aliphatic carboxylic acids is 1. The zero-order chi connectivity index (χ0) is 14.9. The minimum atomic E-state index is -4.54. The molecule has 2 unspecified atom stereocenters. The molecule has 3 N–H and O–H groups in total. The number of aromatic nitrogens is 1. The zero-order valence-electron chi connectivity index (χ0n) is 10.1. The van der Waals surface area contributed by atoms with Gasteiger partial charge in [0.05, 0.1) is 17.2 Å². The standard InChI is InChI=1S/C13H11F3N2O2/c14-13(15,16)9-2-1-5-18-11(9)7-3-4-8(12(19)20)10(17)6-7/h1-6,8,10H,17H2,(H,19,20). The Hall–Kier alpha value is -2.15. The Morgan fingerprint density at radius 2 is 2.10 bits per heavy atom. The molecule has 0 amide bonds. The highest BCUT2D eigenvalue weighted by Gasteiger charge is 2.35. The third-order valence-electron chi connectivity index (χ3n) is 2.94. The largest absolute Gasteiger partial charge is 0.481 e. The van der Waals surface area contributed by atoms with E-state index in [2.05, 4.69) is 4.98 Å². The van der Waals surface area contributed by atoms with E-state index in [1.807, 2.05) is 0 Å². The highest BCUT2D eigenvalue weighted by molar-refractivity contribution is 5.81.